The summed E-state index contributed by atoms with van der Waals surface area (Å²) in [4.78, 5) is 26.1. The Bertz CT molecular complexity index is 1240. The quantitative estimate of drug-likeness (QED) is 0.505. The molecule has 0 spiro atoms. The van der Waals surface area contributed by atoms with Gasteiger partial charge in [-0.1, -0.05) is 35.9 Å². The van der Waals surface area contributed by atoms with Gasteiger partial charge in [0.25, 0.3) is 0 Å². The summed E-state index contributed by atoms with van der Waals surface area (Å²) >= 11 is 5.99. The van der Waals surface area contributed by atoms with Gasteiger partial charge in [0.05, 0.1) is 11.6 Å². The number of anilines is 3. The maximum atomic E-state index is 12.5. The van der Waals surface area contributed by atoms with Crippen molar-refractivity contribution in [3.8, 4) is 0 Å². The van der Waals surface area contributed by atoms with E-state index in [1.165, 1.54) is 12.0 Å². The number of para-hydroxylation sites is 1. The van der Waals surface area contributed by atoms with Crippen LogP contribution in [-0.2, 0) is 11.3 Å². The Morgan fingerprint density at radius 3 is 2.53 bits per heavy atom. The first-order valence-corrected chi connectivity index (χ1v) is 10.8. The first-order chi connectivity index (χ1) is 15.7. The van der Waals surface area contributed by atoms with E-state index in [9.17, 15) is 4.79 Å². The third-order valence-corrected chi connectivity index (χ3v) is 5.75. The number of nitrogens with one attached hydrogen (secondary N) is 1. The number of amides is 1. The molecule has 8 nitrogen and oxygen atoms in total. The molecule has 32 heavy (non-hydrogen) atoms. The van der Waals surface area contributed by atoms with Gasteiger partial charge in [0.1, 0.15) is 18.7 Å². The second kappa shape index (κ2) is 8.84. The maximum Gasteiger partial charge on any atom is 0.246 e. The molecule has 1 aliphatic heterocycles. The average Bonchev–Trinajstić information content (AvgIpc) is 3.22. The summed E-state index contributed by atoms with van der Waals surface area (Å²) in [6.07, 6.45) is 3.27. The molecule has 1 N–H and O–H groups in total. The maximum absolute atomic E-state index is 12.5. The topological polar surface area (TPSA) is 79.2 Å². The molecule has 9 heteroatoms. The number of piperazine rings is 1. The van der Waals surface area contributed by atoms with Crippen molar-refractivity contribution in [3.63, 3.8) is 0 Å². The van der Waals surface area contributed by atoms with Crippen LogP contribution in [0.25, 0.3) is 11.0 Å². The number of nitrogens with zero attached hydrogens (tertiary/aromatic N) is 6. The second-order valence-corrected chi connectivity index (χ2v) is 8.04. The number of rotatable bonds is 5. The number of halogens is 1. The molecule has 0 saturated carbocycles. The molecule has 2 aromatic heterocycles. The van der Waals surface area contributed by atoms with Crippen LogP contribution in [0, 0.1) is 0 Å². The number of benzene rings is 2. The molecule has 4 aromatic rings. The molecule has 3 heterocycles. The summed E-state index contributed by atoms with van der Waals surface area (Å²) in [5, 5.41) is 8.65. The van der Waals surface area contributed by atoms with Gasteiger partial charge in [-0.3, -0.25) is 4.79 Å². The van der Waals surface area contributed by atoms with Crippen LogP contribution in [0.15, 0.2) is 67.1 Å². The smallest absolute Gasteiger partial charge is 0.246 e. The fraction of sp³-hybridized carbons (Fsp3) is 0.217. The summed E-state index contributed by atoms with van der Waals surface area (Å²) in [6.45, 7) is 3.56. The number of fused-ring (bicyclic) bond motifs is 1. The zero-order valence-corrected chi connectivity index (χ0v) is 18.1. The van der Waals surface area contributed by atoms with Gasteiger partial charge in [0, 0.05) is 42.6 Å². The fourth-order valence-corrected chi connectivity index (χ4v) is 4.16. The normalized spacial score (nSPS) is 14.0. The minimum atomic E-state index is -0.200. The third-order valence-electron chi connectivity index (χ3n) is 5.51. The van der Waals surface area contributed by atoms with Gasteiger partial charge >= 0.3 is 0 Å². The van der Waals surface area contributed by atoms with Crippen molar-refractivity contribution in [2.45, 2.75) is 6.54 Å². The average molecular weight is 448 g/mol. The van der Waals surface area contributed by atoms with Crippen molar-refractivity contribution in [1.29, 1.82) is 0 Å². The Hall–Kier alpha value is -3.65. The summed E-state index contributed by atoms with van der Waals surface area (Å²) in [7, 11) is 0. The van der Waals surface area contributed by atoms with Crippen molar-refractivity contribution < 1.29 is 4.79 Å². The van der Waals surface area contributed by atoms with Crippen LogP contribution in [0.1, 0.15) is 0 Å². The lowest BCUT2D eigenvalue weighted by Gasteiger charge is -2.36. The summed E-state index contributed by atoms with van der Waals surface area (Å²) in [5.74, 6) is 0.651. The molecule has 0 radical (unpaired) electrons. The van der Waals surface area contributed by atoms with Gasteiger partial charge in [-0.2, -0.15) is 5.10 Å². The lowest BCUT2D eigenvalue weighted by Crippen LogP contribution is -2.46. The van der Waals surface area contributed by atoms with Crippen LogP contribution < -0.4 is 15.1 Å². The molecule has 0 unspecified atom stereocenters. The number of hydrogen-bond acceptors (Lipinski definition) is 6. The van der Waals surface area contributed by atoms with Crippen LogP contribution in [0.2, 0.25) is 5.02 Å². The molecular formula is C23H22ClN7O. The lowest BCUT2D eigenvalue weighted by molar-refractivity contribution is -0.116. The minimum absolute atomic E-state index is 0.0499. The van der Waals surface area contributed by atoms with Crippen LogP contribution >= 0.6 is 11.6 Å². The SMILES string of the molecule is O=C(Cn1ncc2c(N3CCN(c4ccccc4)CC3)ncnc21)Nc1cccc(Cl)c1. The van der Waals surface area contributed by atoms with E-state index < -0.39 is 0 Å². The van der Waals surface area contributed by atoms with E-state index in [0.717, 1.165) is 37.4 Å². The predicted molar refractivity (Wildman–Crippen MR) is 126 cm³/mol. The highest BCUT2D eigenvalue weighted by Gasteiger charge is 2.22. The van der Waals surface area contributed by atoms with Gasteiger partial charge < -0.3 is 15.1 Å². The molecule has 1 fully saturated rings. The molecule has 5 rings (SSSR count). The predicted octanol–water partition coefficient (Wildman–Crippen LogP) is 3.45. The van der Waals surface area contributed by atoms with E-state index >= 15 is 0 Å². The molecular weight excluding hydrogens is 426 g/mol. The van der Waals surface area contributed by atoms with Crippen molar-refractivity contribution in [2.75, 3.05) is 41.3 Å². The number of carbonyl (C=O) groups is 1. The van der Waals surface area contributed by atoms with Crippen molar-refractivity contribution in [2.24, 2.45) is 0 Å². The first kappa shape index (κ1) is 20.3. The molecule has 1 aliphatic rings. The van der Waals surface area contributed by atoms with Crippen LogP contribution in [0.4, 0.5) is 17.2 Å². The van der Waals surface area contributed by atoms with Crippen LogP contribution in [0.3, 0.4) is 0 Å². The second-order valence-electron chi connectivity index (χ2n) is 7.60. The van der Waals surface area contributed by atoms with Gasteiger partial charge in [-0.25, -0.2) is 14.6 Å². The minimum Gasteiger partial charge on any atom is -0.368 e. The van der Waals surface area contributed by atoms with Crippen LogP contribution in [0.5, 0.6) is 0 Å². The molecule has 2 aromatic carbocycles. The Labute approximate surface area is 190 Å². The van der Waals surface area contributed by atoms with E-state index in [4.69, 9.17) is 11.6 Å². The van der Waals surface area contributed by atoms with Gasteiger partial charge in [0.2, 0.25) is 5.91 Å². The van der Waals surface area contributed by atoms with E-state index in [0.29, 0.717) is 16.4 Å². The van der Waals surface area contributed by atoms with E-state index in [1.54, 1.807) is 35.1 Å². The van der Waals surface area contributed by atoms with E-state index in [1.807, 2.05) is 6.07 Å². The number of aromatic nitrogens is 4. The van der Waals surface area contributed by atoms with E-state index in [-0.39, 0.29) is 12.5 Å². The highest BCUT2D eigenvalue weighted by molar-refractivity contribution is 6.30. The zero-order valence-electron chi connectivity index (χ0n) is 17.4. The van der Waals surface area contributed by atoms with Gasteiger partial charge in [-0.15, -0.1) is 0 Å². The van der Waals surface area contributed by atoms with Crippen molar-refractivity contribution in [1.82, 2.24) is 19.7 Å². The number of carbonyl (C=O) groups excluding carboxylic acids is 1. The third kappa shape index (κ3) is 4.22. The first-order valence-electron chi connectivity index (χ1n) is 10.4. The lowest BCUT2D eigenvalue weighted by atomic mass is 10.2. The highest BCUT2D eigenvalue weighted by Crippen LogP contribution is 2.25. The Morgan fingerprint density at radius 1 is 0.969 bits per heavy atom. The summed E-state index contributed by atoms with van der Waals surface area (Å²) in [5.41, 5.74) is 2.52. The largest absolute Gasteiger partial charge is 0.368 e. The summed E-state index contributed by atoms with van der Waals surface area (Å²) in [6, 6.07) is 17.5. The fourth-order valence-electron chi connectivity index (χ4n) is 3.97. The Morgan fingerprint density at radius 2 is 1.75 bits per heavy atom. The Kier molecular flexibility index (Phi) is 5.60. The number of hydrogen-bond donors (Lipinski definition) is 1. The molecule has 162 valence electrons. The molecule has 0 atom stereocenters. The van der Waals surface area contributed by atoms with Crippen LogP contribution in [-0.4, -0.2) is 51.8 Å². The summed E-state index contributed by atoms with van der Waals surface area (Å²) < 4.78 is 1.60. The molecule has 1 saturated heterocycles. The van der Waals surface area contributed by atoms with Crippen molar-refractivity contribution in [3.05, 3.63) is 72.1 Å². The standard InChI is InChI=1S/C23H22ClN7O/c24-17-5-4-6-18(13-17)28-21(32)15-31-23-20(14-27-31)22(25-16-26-23)30-11-9-29(10-12-30)19-7-2-1-3-8-19/h1-8,13-14,16H,9-12,15H2,(H,28,32). The van der Waals surface area contributed by atoms with Crippen molar-refractivity contribution >= 4 is 45.7 Å². The van der Waals surface area contributed by atoms with Gasteiger partial charge in [-0.05, 0) is 30.3 Å². The monoisotopic (exact) mass is 447 g/mol. The van der Waals surface area contributed by atoms with Gasteiger partial charge in [0.15, 0.2) is 5.65 Å². The zero-order chi connectivity index (χ0) is 21.9. The molecule has 0 aliphatic carbocycles. The molecule has 0 bridgehead atoms. The van der Waals surface area contributed by atoms with E-state index in [2.05, 4.69) is 54.4 Å². The highest BCUT2D eigenvalue weighted by atomic mass is 35.5. The Balaban J connectivity index is 1.30. The molecule has 1 amide bonds.